The van der Waals surface area contributed by atoms with Gasteiger partial charge in [0.1, 0.15) is 11.5 Å². The Kier molecular flexibility index (Phi) is 9.66. The highest BCUT2D eigenvalue weighted by molar-refractivity contribution is 9.10. The SMILES string of the molecule is CCOC(=O)C1=C(C)N=c2s/c(=C/c3ccc(-c4ccc(Cl)c(C(=O)OC)c4)o3)c(=O)n2[C@H]1c1cc(OC)c(OCC)cc1Br. The van der Waals surface area contributed by atoms with Crippen LogP contribution in [-0.4, -0.2) is 43.9 Å². The van der Waals surface area contributed by atoms with Crippen molar-refractivity contribution in [3.05, 3.63) is 99.8 Å². The van der Waals surface area contributed by atoms with E-state index >= 15 is 0 Å². The number of nitrogens with zero attached hydrogens (tertiary/aromatic N) is 2. The third kappa shape index (κ3) is 6.22. The van der Waals surface area contributed by atoms with Crippen molar-refractivity contribution in [2.45, 2.75) is 26.8 Å². The van der Waals surface area contributed by atoms with Crippen LogP contribution in [0.5, 0.6) is 11.5 Å². The van der Waals surface area contributed by atoms with E-state index in [2.05, 4.69) is 20.9 Å². The topological polar surface area (TPSA) is 119 Å². The zero-order chi connectivity index (χ0) is 32.4. The van der Waals surface area contributed by atoms with E-state index in [1.807, 2.05) is 6.92 Å². The molecule has 0 radical (unpaired) electrons. The van der Waals surface area contributed by atoms with Crippen LogP contribution in [0, 0.1) is 0 Å². The Morgan fingerprint density at radius 3 is 2.56 bits per heavy atom. The fraction of sp³-hybridized carbons (Fsp3) is 0.250. The van der Waals surface area contributed by atoms with Crippen molar-refractivity contribution in [3.8, 4) is 22.8 Å². The predicted octanol–water partition coefficient (Wildman–Crippen LogP) is 5.67. The predicted molar refractivity (Wildman–Crippen MR) is 173 cm³/mol. The van der Waals surface area contributed by atoms with Gasteiger partial charge < -0.3 is 23.4 Å². The zero-order valence-electron chi connectivity index (χ0n) is 24.9. The number of esters is 2. The maximum atomic E-state index is 14.1. The van der Waals surface area contributed by atoms with Crippen molar-refractivity contribution in [1.29, 1.82) is 0 Å². The summed E-state index contributed by atoms with van der Waals surface area (Å²) in [6.07, 6.45) is 1.61. The number of benzene rings is 2. The number of carbonyl (C=O) groups excluding carboxylic acids is 2. The molecule has 10 nitrogen and oxygen atoms in total. The van der Waals surface area contributed by atoms with E-state index in [1.54, 1.807) is 62.4 Å². The average Bonchev–Trinajstić information content (AvgIpc) is 3.60. The highest BCUT2D eigenvalue weighted by Crippen LogP contribution is 2.41. The second-order valence-electron chi connectivity index (χ2n) is 9.65. The average molecular weight is 716 g/mol. The van der Waals surface area contributed by atoms with Crippen LogP contribution in [0.4, 0.5) is 0 Å². The normalized spacial score (nSPS) is 14.6. The fourth-order valence-electron chi connectivity index (χ4n) is 4.93. The number of furan rings is 1. The number of carbonyl (C=O) groups is 2. The summed E-state index contributed by atoms with van der Waals surface area (Å²) in [7, 11) is 2.80. The van der Waals surface area contributed by atoms with Crippen LogP contribution in [0.25, 0.3) is 17.4 Å². The van der Waals surface area contributed by atoms with E-state index in [1.165, 1.54) is 18.8 Å². The van der Waals surface area contributed by atoms with E-state index in [0.29, 0.717) is 60.3 Å². The molecule has 234 valence electrons. The Morgan fingerprint density at radius 1 is 1.09 bits per heavy atom. The summed E-state index contributed by atoms with van der Waals surface area (Å²) < 4.78 is 30.0. The lowest BCUT2D eigenvalue weighted by Gasteiger charge is -2.26. The Balaban J connectivity index is 1.65. The first-order valence-electron chi connectivity index (χ1n) is 13.8. The number of hydrogen-bond donors (Lipinski definition) is 0. The van der Waals surface area contributed by atoms with Crippen molar-refractivity contribution in [3.63, 3.8) is 0 Å². The molecular formula is C32H28BrClN2O8S. The molecule has 0 saturated heterocycles. The molecule has 1 aliphatic heterocycles. The molecule has 4 aromatic rings. The minimum Gasteiger partial charge on any atom is -0.493 e. The summed E-state index contributed by atoms with van der Waals surface area (Å²) in [4.78, 5) is 44.5. The summed E-state index contributed by atoms with van der Waals surface area (Å²) in [5, 5.41) is 0.252. The summed E-state index contributed by atoms with van der Waals surface area (Å²) in [5.74, 6) is 0.651. The van der Waals surface area contributed by atoms with Gasteiger partial charge in [0.05, 0.1) is 59.9 Å². The molecule has 0 spiro atoms. The summed E-state index contributed by atoms with van der Waals surface area (Å²) in [6, 6.07) is 10.9. The van der Waals surface area contributed by atoms with Crippen LogP contribution in [-0.2, 0) is 14.3 Å². The third-order valence-electron chi connectivity index (χ3n) is 6.95. The van der Waals surface area contributed by atoms with Crippen LogP contribution in [0.1, 0.15) is 48.5 Å². The number of rotatable bonds is 9. The van der Waals surface area contributed by atoms with Gasteiger partial charge in [-0.05, 0) is 68.8 Å². The molecule has 0 saturated carbocycles. The molecule has 1 atom stereocenters. The lowest BCUT2D eigenvalue weighted by molar-refractivity contribution is -0.139. The minimum atomic E-state index is -0.876. The first-order chi connectivity index (χ1) is 21.6. The molecule has 2 aromatic carbocycles. The Bertz CT molecular complexity index is 2030. The molecule has 45 heavy (non-hydrogen) atoms. The van der Waals surface area contributed by atoms with E-state index in [0.717, 1.165) is 11.3 Å². The largest absolute Gasteiger partial charge is 0.493 e. The summed E-state index contributed by atoms with van der Waals surface area (Å²) in [5.41, 5.74) is 1.67. The lowest BCUT2D eigenvalue weighted by atomic mass is 9.95. The molecule has 0 N–H and O–H groups in total. The van der Waals surface area contributed by atoms with Gasteiger partial charge in [-0.1, -0.05) is 38.9 Å². The molecule has 5 rings (SSSR count). The quantitative estimate of drug-likeness (QED) is 0.204. The van der Waals surface area contributed by atoms with Crippen LogP contribution in [0.15, 0.2) is 72.4 Å². The molecule has 0 aliphatic carbocycles. The first kappa shape index (κ1) is 32.3. The van der Waals surface area contributed by atoms with Crippen LogP contribution >= 0.6 is 38.9 Å². The smallest absolute Gasteiger partial charge is 0.339 e. The number of ether oxygens (including phenoxy) is 4. The van der Waals surface area contributed by atoms with Gasteiger partial charge in [0, 0.05) is 16.1 Å². The van der Waals surface area contributed by atoms with Gasteiger partial charge in [0.2, 0.25) is 0 Å². The Hall–Kier alpha value is -4.13. The van der Waals surface area contributed by atoms with Crippen LogP contribution in [0.3, 0.4) is 0 Å². The highest BCUT2D eigenvalue weighted by atomic mass is 79.9. The number of halogens is 2. The number of thiazole rings is 1. The van der Waals surface area contributed by atoms with Crippen molar-refractivity contribution < 1.29 is 33.0 Å². The molecule has 13 heteroatoms. The van der Waals surface area contributed by atoms with Crippen LogP contribution < -0.4 is 24.4 Å². The molecule has 0 unspecified atom stereocenters. The number of fused-ring (bicyclic) bond motifs is 1. The molecular weight excluding hydrogens is 688 g/mol. The van der Waals surface area contributed by atoms with E-state index < -0.39 is 18.0 Å². The van der Waals surface area contributed by atoms with Gasteiger partial charge in [0.25, 0.3) is 5.56 Å². The van der Waals surface area contributed by atoms with Gasteiger partial charge in [-0.3, -0.25) is 9.36 Å². The van der Waals surface area contributed by atoms with Crippen molar-refractivity contribution in [2.75, 3.05) is 27.4 Å². The standard InChI is InChI=1S/C32H28BrClN2O8S/c1-6-42-25-15-21(33)19(14-24(25)40-4)28-27(31(39)43-7-2)16(3)35-32-36(28)29(37)26(45-32)13-18-9-11-23(44-18)17-8-10-22(34)20(12-17)30(38)41-5/h8-15,28H,6-7H2,1-5H3/b26-13+/t28-/m0/s1. The highest BCUT2D eigenvalue weighted by Gasteiger charge is 2.35. The maximum absolute atomic E-state index is 14.1. The lowest BCUT2D eigenvalue weighted by Crippen LogP contribution is -2.40. The second-order valence-corrected chi connectivity index (χ2v) is 11.9. The number of aromatic nitrogens is 1. The van der Waals surface area contributed by atoms with Crippen LogP contribution in [0.2, 0.25) is 5.02 Å². The second kappa shape index (κ2) is 13.5. The number of methoxy groups -OCH3 is 2. The van der Waals surface area contributed by atoms with E-state index in [9.17, 15) is 14.4 Å². The molecule has 0 amide bonds. The zero-order valence-corrected chi connectivity index (χ0v) is 28.1. The van der Waals surface area contributed by atoms with Gasteiger partial charge >= 0.3 is 11.9 Å². The molecule has 2 aromatic heterocycles. The number of allylic oxidation sites excluding steroid dienone is 1. The minimum absolute atomic E-state index is 0.149. The summed E-state index contributed by atoms with van der Waals surface area (Å²) >= 11 is 11.0. The van der Waals surface area contributed by atoms with Crippen molar-refractivity contribution in [1.82, 2.24) is 4.57 Å². The fourth-order valence-corrected chi connectivity index (χ4v) is 6.69. The summed E-state index contributed by atoms with van der Waals surface area (Å²) in [6.45, 7) is 5.86. The van der Waals surface area contributed by atoms with E-state index in [4.69, 9.17) is 35.0 Å². The van der Waals surface area contributed by atoms with Crippen molar-refractivity contribution >= 4 is 56.9 Å². The third-order valence-corrected chi connectivity index (χ3v) is 8.95. The van der Waals surface area contributed by atoms with Crippen molar-refractivity contribution in [2.24, 2.45) is 4.99 Å². The molecule has 3 heterocycles. The monoisotopic (exact) mass is 714 g/mol. The van der Waals surface area contributed by atoms with Gasteiger partial charge in [-0.15, -0.1) is 0 Å². The van der Waals surface area contributed by atoms with Gasteiger partial charge in [-0.25, -0.2) is 14.6 Å². The Morgan fingerprint density at radius 2 is 1.87 bits per heavy atom. The molecule has 0 fully saturated rings. The van der Waals surface area contributed by atoms with Gasteiger partial charge in [0.15, 0.2) is 16.3 Å². The first-order valence-corrected chi connectivity index (χ1v) is 15.8. The maximum Gasteiger partial charge on any atom is 0.339 e. The molecule has 1 aliphatic rings. The number of hydrogen-bond acceptors (Lipinski definition) is 10. The Labute approximate surface area is 275 Å². The molecule has 0 bridgehead atoms. The van der Waals surface area contributed by atoms with Gasteiger partial charge in [-0.2, -0.15) is 0 Å². The van der Waals surface area contributed by atoms with E-state index in [-0.39, 0.29) is 28.3 Å².